The summed E-state index contributed by atoms with van der Waals surface area (Å²) in [6, 6.07) is 0. The summed E-state index contributed by atoms with van der Waals surface area (Å²) in [4.78, 5) is 36.6. The molecule has 178 valence electrons. The number of ether oxygens (including phenoxy) is 2. The molecule has 0 spiro atoms. The molecule has 0 radical (unpaired) electrons. The molecule has 3 fully saturated rings. The van der Waals surface area contributed by atoms with Crippen molar-refractivity contribution in [3.05, 3.63) is 11.6 Å². The third-order valence-electron chi connectivity index (χ3n) is 10.3. The molecule has 5 heteroatoms. The van der Waals surface area contributed by atoms with Gasteiger partial charge in [0.25, 0.3) is 0 Å². The van der Waals surface area contributed by atoms with Crippen LogP contribution >= 0.6 is 0 Å². The molecule has 0 aromatic rings. The van der Waals surface area contributed by atoms with E-state index in [1.807, 2.05) is 6.08 Å². The highest BCUT2D eigenvalue weighted by Crippen LogP contribution is 2.67. The predicted octanol–water partition coefficient (Wildman–Crippen LogP) is 5.12. The van der Waals surface area contributed by atoms with E-state index in [2.05, 4.69) is 20.8 Å². The third-order valence-corrected chi connectivity index (χ3v) is 10.3. The van der Waals surface area contributed by atoms with Crippen LogP contribution in [0.15, 0.2) is 11.6 Å². The zero-order valence-corrected chi connectivity index (χ0v) is 20.4. The monoisotopic (exact) mass is 444 g/mol. The van der Waals surface area contributed by atoms with E-state index in [9.17, 15) is 14.4 Å². The van der Waals surface area contributed by atoms with E-state index in [4.69, 9.17) is 9.47 Å². The number of carbonyl (C=O) groups is 3. The molecule has 0 aromatic heterocycles. The summed E-state index contributed by atoms with van der Waals surface area (Å²) in [5.41, 5.74) is 1.86. The zero-order chi connectivity index (χ0) is 23.3. The molecule has 0 amide bonds. The number of allylic oxidation sites excluding steroid dienone is 1. The third kappa shape index (κ3) is 3.64. The molecule has 4 unspecified atom stereocenters. The Bertz CT molecular complexity index is 799. The zero-order valence-electron chi connectivity index (χ0n) is 20.4. The van der Waals surface area contributed by atoms with Crippen LogP contribution < -0.4 is 0 Å². The maximum atomic E-state index is 12.3. The van der Waals surface area contributed by atoms with Crippen molar-refractivity contribution >= 4 is 17.7 Å². The lowest BCUT2D eigenvalue weighted by molar-refractivity contribution is -0.160. The Labute approximate surface area is 192 Å². The highest BCUT2D eigenvalue weighted by atomic mass is 16.5. The lowest BCUT2D eigenvalue weighted by Gasteiger charge is -2.58. The van der Waals surface area contributed by atoms with Crippen molar-refractivity contribution in [3.8, 4) is 0 Å². The van der Waals surface area contributed by atoms with Crippen molar-refractivity contribution < 1.29 is 23.9 Å². The van der Waals surface area contributed by atoms with Gasteiger partial charge in [0.1, 0.15) is 0 Å². The summed E-state index contributed by atoms with van der Waals surface area (Å²) in [7, 11) is 2.67. The van der Waals surface area contributed by atoms with Crippen molar-refractivity contribution in [2.75, 3.05) is 14.2 Å². The second kappa shape index (κ2) is 8.61. The van der Waals surface area contributed by atoms with Crippen LogP contribution in [0.3, 0.4) is 0 Å². The Morgan fingerprint density at radius 2 is 1.69 bits per heavy atom. The topological polar surface area (TPSA) is 69.7 Å². The number of hydrogen-bond donors (Lipinski definition) is 0. The number of esters is 2. The minimum Gasteiger partial charge on any atom is -0.468 e. The molecule has 7 atom stereocenters. The van der Waals surface area contributed by atoms with Gasteiger partial charge in [-0.3, -0.25) is 14.4 Å². The molecule has 0 saturated heterocycles. The van der Waals surface area contributed by atoms with Crippen molar-refractivity contribution in [2.45, 2.75) is 78.6 Å². The highest BCUT2D eigenvalue weighted by Gasteiger charge is 2.59. The van der Waals surface area contributed by atoms with Crippen molar-refractivity contribution in [2.24, 2.45) is 46.3 Å². The van der Waals surface area contributed by atoms with Gasteiger partial charge < -0.3 is 9.47 Å². The van der Waals surface area contributed by atoms with Gasteiger partial charge in [0.15, 0.2) is 11.7 Å². The maximum absolute atomic E-state index is 12.3. The minimum absolute atomic E-state index is 0.197. The van der Waals surface area contributed by atoms with Gasteiger partial charge in [-0.15, -0.1) is 0 Å². The second-order valence-corrected chi connectivity index (χ2v) is 11.5. The number of hydrogen-bond acceptors (Lipinski definition) is 5. The van der Waals surface area contributed by atoms with Gasteiger partial charge in [-0.25, -0.2) is 0 Å². The van der Waals surface area contributed by atoms with E-state index in [1.165, 1.54) is 51.9 Å². The van der Waals surface area contributed by atoms with Crippen LogP contribution in [-0.4, -0.2) is 31.9 Å². The Hall–Kier alpha value is -1.65. The van der Waals surface area contributed by atoms with Crippen molar-refractivity contribution in [3.63, 3.8) is 0 Å². The van der Waals surface area contributed by atoms with Gasteiger partial charge in [0.2, 0.25) is 0 Å². The summed E-state index contributed by atoms with van der Waals surface area (Å²) >= 11 is 0. The molecule has 4 aliphatic carbocycles. The molecule has 4 rings (SSSR count). The molecule has 5 nitrogen and oxygen atoms in total. The Morgan fingerprint density at radius 1 is 1.00 bits per heavy atom. The molecule has 0 heterocycles. The summed E-state index contributed by atoms with van der Waals surface area (Å²) < 4.78 is 9.80. The molecule has 0 aliphatic heterocycles. The largest absolute Gasteiger partial charge is 0.468 e. The molecular formula is C27H40O5. The molecule has 4 aliphatic rings. The van der Waals surface area contributed by atoms with Crippen LogP contribution in [0.4, 0.5) is 0 Å². The fourth-order valence-electron chi connectivity index (χ4n) is 8.64. The van der Waals surface area contributed by atoms with E-state index < -0.39 is 17.9 Å². The second-order valence-electron chi connectivity index (χ2n) is 11.5. The Kier molecular flexibility index (Phi) is 6.32. The number of carbonyl (C=O) groups excluding carboxylic acids is 3. The fourth-order valence-corrected chi connectivity index (χ4v) is 8.64. The average molecular weight is 445 g/mol. The summed E-state index contributed by atoms with van der Waals surface area (Å²) in [5, 5.41) is 0. The molecule has 32 heavy (non-hydrogen) atoms. The van der Waals surface area contributed by atoms with Crippen molar-refractivity contribution in [1.29, 1.82) is 0 Å². The van der Waals surface area contributed by atoms with Crippen LogP contribution in [-0.2, 0) is 23.9 Å². The Morgan fingerprint density at radius 3 is 2.34 bits per heavy atom. The van der Waals surface area contributed by atoms with E-state index in [1.54, 1.807) is 0 Å². The minimum atomic E-state index is -0.833. The lowest BCUT2D eigenvalue weighted by atomic mass is 9.46. The van der Waals surface area contributed by atoms with Crippen LogP contribution in [0.25, 0.3) is 0 Å². The molecule has 3 saturated carbocycles. The van der Waals surface area contributed by atoms with Gasteiger partial charge in [0.05, 0.1) is 14.2 Å². The maximum Gasteiger partial charge on any atom is 0.320 e. The van der Waals surface area contributed by atoms with Crippen LogP contribution in [0.5, 0.6) is 0 Å². The summed E-state index contributed by atoms with van der Waals surface area (Å²) in [6.45, 7) is 7.11. The van der Waals surface area contributed by atoms with E-state index >= 15 is 0 Å². The van der Waals surface area contributed by atoms with E-state index in [0.717, 1.165) is 18.8 Å². The van der Waals surface area contributed by atoms with Crippen molar-refractivity contribution in [1.82, 2.24) is 0 Å². The smallest absolute Gasteiger partial charge is 0.320 e. The summed E-state index contributed by atoms with van der Waals surface area (Å²) in [5.74, 6) is 1.36. The van der Waals surface area contributed by atoms with Crippen LogP contribution in [0.2, 0.25) is 0 Å². The average Bonchev–Trinajstić information content (AvgIpc) is 3.14. The molecule has 0 aromatic carbocycles. The fraction of sp³-hybridized carbons (Fsp3) is 0.815. The lowest BCUT2D eigenvalue weighted by Crippen LogP contribution is -2.51. The van der Waals surface area contributed by atoms with Gasteiger partial charge in [-0.05, 0) is 97.9 Å². The number of rotatable bonds is 5. The van der Waals surface area contributed by atoms with Crippen LogP contribution in [0.1, 0.15) is 78.6 Å². The molecule has 0 bridgehead atoms. The van der Waals surface area contributed by atoms with Gasteiger partial charge >= 0.3 is 11.9 Å². The normalized spacial score (nSPS) is 39.4. The number of ketones is 1. The van der Waals surface area contributed by atoms with Gasteiger partial charge in [0, 0.05) is 6.42 Å². The first-order valence-corrected chi connectivity index (χ1v) is 12.5. The van der Waals surface area contributed by atoms with Crippen LogP contribution in [0, 0.1) is 46.3 Å². The standard InChI is InChI=1S/C27H40O5/c1-16(14-20(24(29)31-4)25(30)32-5)21-8-9-22-19-7-6-17-15-18(28)10-12-26(17,2)23(19)11-13-27(21,22)3/h15-16,19-23H,6-14H2,1-5H3/t16-,19?,21?,22?,23?,26+,27-/m1/s1. The van der Waals surface area contributed by atoms with Gasteiger partial charge in [-0.1, -0.05) is 26.3 Å². The number of fused-ring (bicyclic) bond motifs is 5. The number of methoxy groups -OCH3 is 2. The van der Waals surface area contributed by atoms with E-state index in [0.29, 0.717) is 36.4 Å². The highest BCUT2D eigenvalue weighted by molar-refractivity contribution is 5.94. The first kappa shape index (κ1) is 23.5. The predicted molar refractivity (Wildman–Crippen MR) is 122 cm³/mol. The first-order valence-electron chi connectivity index (χ1n) is 12.5. The SMILES string of the molecule is COC(=O)C(C[C@@H](C)C1CCC2C3CCC4=CC(=O)CC[C@]4(C)C3CC[C@@]21C)C(=O)OC. The van der Waals surface area contributed by atoms with E-state index in [-0.39, 0.29) is 16.7 Å². The molecular weight excluding hydrogens is 404 g/mol. The molecule has 0 N–H and O–H groups in total. The van der Waals surface area contributed by atoms with Gasteiger partial charge in [-0.2, -0.15) is 0 Å². The summed E-state index contributed by atoms with van der Waals surface area (Å²) in [6.07, 6.45) is 11.3. The first-order chi connectivity index (χ1) is 15.2. The quantitative estimate of drug-likeness (QED) is 0.435. The Balaban J connectivity index is 1.53.